The second-order valence-electron chi connectivity index (χ2n) is 8.33. The van der Waals surface area contributed by atoms with E-state index >= 15 is 0 Å². The molecular formula is C27H25N3O6. The van der Waals surface area contributed by atoms with E-state index in [0.29, 0.717) is 17.9 Å². The highest BCUT2D eigenvalue weighted by Crippen LogP contribution is 2.32. The van der Waals surface area contributed by atoms with Gasteiger partial charge in [-0.05, 0) is 81.3 Å². The van der Waals surface area contributed by atoms with E-state index in [4.69, 9.17) is 4.74 Å². The Bertz CT molecular complexity index is 1450. The van der Waals surface area contributed by atoms with Crippen LogP contribution in [0.1, 0.15) is 39.8 Å². The summed E-state index contributed by atoms with van der Waals surface area (Å²) < 4.78 is 7.49. The monoisotopic (exact) mass is 487 g/mol. The van der Waals surface area contributed by atoms with Crippen molar-refractivity contribution in [3.63, 3.8) is 0 Å². The van der Waals surface area contributed by atoms with Gasteiger partial charge in [-0.15, -0.1) is 0 Å². The van der Waals surface area contributed by atoms with Crippen molar-refractivity contribution in [1.82, 2.24) is 9.88 Å². The number of rotatable bonds is 6. The van der Waals surface area contributed by atoms with Gasteiger partial charge in [-0.3, -0.25) is 14.9 Å². The van der Waals surface area contributed by atoms with E-state index in [2.05, 4.69) is 5.32 Å². The van der Waals surface area contributed by atoms with Gasteiger partial charge < -0.3 is 14.4 Å². The van der Waals surface area contributed by atoms with Crippen molar-refractivity contribution in [3.8, 4) is 11.4 Å². The number of hydrogen-bond donors (Lipinski definition) is 2. The predicted octanol–water partition coefficient (Wildman–Crippen LogP) is 4.17. The number of aromatic nitrogens is 1. The molecule has 0 unspecified atom stereocenters. The maximum absolute atomic E-state index is 13.4. The first-order valence-corrected chi connectivity index (χ1v) is 11.3. The molecule has 9 nitrogen and oxygen atoms in total. The zero-order valence-corrected chi connectivity index (χ0v) is 20.3. The minimum absolute atomic E-state index is 0.183. The number of urea groups is 1. The van der Waals surface area contributed by atoms with Gasteiger partial charge in [-0.25, -0.2) is 14.5 Å². The number of anilines is 1. The van der Waals surface area contributed by atoms with Crippen LogP contribution in [0.25, 0.3) is 11.8 Å². The van der Waals surface area contributed by atoms with Crippen LogP contribution in [-0.4, -0.2) is 40.1 Å². The molecule has 3 aromatic rings. The minimum Gasteiger partial charge on any atom is -0.492 e. The van der Waals surface area contributed by atoms with Gasteiger partial charge in [0.2, 0.25) is 0 Å². The van der Waals surface area contributed by atoms with Crippen LogP contribution >= 0.6 is 0 Å². The first-order chi connectivity index (χ1) is 17.1. The van der Waals surface area contributed by atoms with Crippen LogP contribution in [0.2, 0.25) is 0 Å². The molecule has 1 aliphatic rings. The average molecular weight is 488 g/mol. The fourth-order valence-corrected chi connectivity index (χ4v) is 4.30. The molecule has 1 fully saturated rings. The smallest absolute Gasteiger partial charge is 0.336 e. The number of carboxylic acids is 1. The number of benzene rings is 2. The van der Waals surface area contributed by atoms with Crippen LogP contribution in [-0.2, 0) is 9.59 Å². The van der Waals surface area contributed by atoms with Crippen LogP contribution in [0.4, 0.5) is 10.5 Å². The number of para-hydroxylation sites is 2. The van der Waals surface area contributed by atoms with Crippen molar-refractivity contribution in [3.05, 3.63) is 82.2 Å². The maximum Gasteiger partial charge on any atom is 0.336 e. The SMILES string of the molecule is CCOc1ccccc1N1C(=O)NC(=O)C(=Cc2cc(C)n(-c3ccc(C(=O)O)cc3C)c2C)C1=O. The van der Waals surface area contributed by atoms with Gasteiger partial charge in [-0.2, -0.15) is 0 Å². The normalized spacial score (nSPS) is 14.8. The highest BCUT2D eigenvalue weighted by Gasteiger charge is 2.38. The summed E-state index contributed by atoms with van der Waals surface area (Å²) in [4.78, 5) is 50.9. The lowest BCUT2D eigenvalue weighted by Crippen LogP contribution is -2.54. The molecule has 1 saturated heterocycles. The van der Waals surface area contributed by atoms with Crippen molar-refractivity contribution in [2.75, 3.05) is 11.5 Å². The topological polar surface area (TPSA) is 118 Å². The van der Waals surface area contributed by atoms with Crippen LogP contribution in [0.3, 0.4) is 0 Å². The third-order valence-electron chi connectivity index (χ3n) is 5.96. The zero-order valence-electron chi connectivity index (χ0n) is 20.3. The number of barbiturate groups is 1. The summed E-state index contributed by atoms with van der Waals surface area (Å²) in [6.45, 7) is 7.65. The molecule has 2 heterocycles. The molecule has 0 saturated carbocycles. The summed E-state index contributed by atoms with van der Waals surface area (Å²) in [5.41, 5.74) is 3.93. The fourth-order valence-electron chi connectivity index (χ4n) is 4.30. The molecule has 4 amide bonds. The molecule has 0 spiro atoms. The van der Waals surface area contributed by atoms with E-state index < -0.39 is 23.8 Å². The summed E-state index contributed by atoms with van der Waals surface area (Å²) in [5.74, 6) is -2.22. The van der Waals surface area contributed by atoms with Gasteiger partial charge in [-0.1, -0.05) is 12.1 Å². The van der Waals surface area contributed by atoms with E-state index in [1.165, 1.54) is 12.1 Å². The van der Waals surface area contributed by atoms with E-state index in [1.807, 2.05) is 31.4 Å². The van der Waals surface area contributed by atoms with Crippen LogP contribution < -0.4 is 15.0 Å². The number of nitrogens with one attached hydrogen (secondary N) is 1. The van der Waals surface area contributed by atoms with Gasteiger partial charge >= 0.3 is 12.0 Å². The molecule has 4 rings (SSSR count). The van der Waals surface area contributed by atoms with Gasteiger partial charge in [0.25, 0.3) is 11.8 Å². The van der Waals surface area contributed by atoms with Crippen LogP contribution in [0.15, 0.2) is 54.1 Å². The Labute approximate surface area is 207 Å². The summed E-state index contributed by atoms with van der Waals surface area (Å²) in [7, 11) is 0. The molecule has 1 aromatic heterocycles. The number of carboxylic acid groups (broad SMARTS) is 1. The maximum atomic E-state index is 13.4. The summed E-state index contributed by atoms with van der Waals surface area (Å²) >= 11 is 0. The molecule has 9 heteroatoms. The Hall–Kier alpha value is -4.66. The van der Waals surface area contributed by atoms with E-state index in [0.717, 1.165) is 27.5 Å². The Balaban J connectivity index is 1.77. The molecule has 36 heavy (non-hydrogen) atoms. The standard InChI is InChI=1S/C27H25N3O6/c1-5-36-23-9-7-6-8-22(23)30-25(32)20(24(31)28-27(30)35)14-19-13-16(3)29(17(19)4)21-11-10-18(26(33)34)12-15(21)2/h6-14H,5H2,1-4H3,(H,33,34)(H,28,31,35). The summed E-state index contributed by atoms with van der Waals surface area (Å²) in [6, 6.07) is 12.4. The fraction of sp³-hybridized carbons (Fsp3) is 0.185. The molecule has 1 aliphatic heterocycles. The van der Waals surface area contributed by atoms with Crippen molar-refractivity contribution < 1.29 is 29.0 Å². The van der Waals surface area contributed by atoms with Crippen molar-refractivity contribution in [2.45, 2.75) is 27.7 Å². The number of carbonyl (C=O) groups is 4. The average Bonchev–Trinajstić information content (AvgIpc) is 3.10. The molecular weight excluding hydrogens is 462 g/mol. The lowest BCUT2D eigenvalue weighted by molar-refractivity contribution is -0.122. The molecule has 0 aliphatic carbocycles. The zero-order chi connectivity index (χ0) is 26.1. The molecule has 184 valence electrons. The third-order valence-corrected chi connectivity index (χ3v) is 5.96. The number of ether oxygens (including phenoxy) is 1. The molecule has 2 aromatic carbocycles. The first-order valence-electron chi connectivity index (χ1n) is 11.3. The van der Waals surface area contributed by atoms with Crippen LogP contribution in [0.5, 0.6) is 5.75 Å². The molecule has 0 atom stereocenters. The highest BCUT2D eigenvalue weighted by molar-refractivity contribution is 6.39. The second kappa shape index (κ2) is 9.53. The number of amides is 4. The van der Waals surface area contributed by atoms with Crippen LogP contribution in [0, 0.1) is 20.8 Å². The lowest BCUT2D eigenvalue weighted by Gasteiger charge is -2.27. The number of aromatic carboxylic acids is 1. The van der Waals surface area contributed by atoms with Crippen molar-refractivity contribution in [2.24, 2.45) is 0 Å². The quantitative estimate of drug-likeness (QED) is 0.398. The van der Waals surface area contributed by atoms with Gasteiger partial charge in [0.1, 0.15) is 11.3 Å². The Morgan fingerprint density at radius 3 is 2.42 bits per heavy atom. The summed E-state index contributed by atoms with van der Waals surface area (Å²) in [6.07, 6.45) is 1.46. The first kappa shape index (κ1) is 24.5. The molecule has 0 radical (unpaired) electrons. The van der Waals surface area contributed by atoms with E-state index in [9.17, 15) is 24.3 Å². The van der Waals surface area contributed by atoms with Gasteiger partial charge in [0, 0.05) is 17.1 Å². The Morgan fingerprint density at radius 2 is 1.75 bits per heavy atom. The highest BCUT2D eigenvalue weighted by atomic mass is 16.5. The third kappa shape index (κ3) is 4.26. The van der Waals surface area contributed by atoms with Gasteiger partial charge in [0.15, 0.2) is 0 Å². The number of hydrogen-bond acceptors (Lipinski definition) is 5. The molecule has 0 bridgehead atoms. The Morgan fingerprint density at radius 1 is 1.03 bits per heavy atom. The minimum atomic E-state index is -1.01. The summed E-state index contributed by atoms with van der Waals surface area (Å²) in [5, 5.41) is 11.5. The number of nitrogens with zero attached hydrogens (tertiary/aromatic N) is 2. The predicted molar refractivity (Wildman–Crippen MR) is 134 cm³/mol. The largest absolute Gasteiger partial charge is 0.492 e. The lowest BCUT2D eigenvalue weighted by atomic mass is 10.1. The van der Waals surface area contributed by atoms with Crippen molar-refractivity contribution >= 4 is 35.6 Å². The number of aryl methyl sites for hydroxylation is 2. The van der Waals surface area contributed by atoms with Gasteiger partial charge in [0.05, 0.1) is 17.9 Å². The van der Waals surface area contributed by atoms with E-state index in [1.54, 1.807) is 43.3 Å². The molecule has 2 N–H and O–H groups in total. The second-order valence-corrected chi connectivity index (χ2v) is 8.33. The Kier molecular flexibility index (Phi) is 6.48. The van der Waals surface area contributed by atoms with Crippen molar-refractivity contribution in [1.29, 1.82) is 0 Å². The number of imide groups is 2. The van der Waals surface area contributed by atoms with E-state index in [-0.39, 0.29) is 16.8 Å². The number of carbonyl (C=O) groups excluding carboxylic acids is 3.